The van der Waals surface area contributed by atoms with Gasteiger partial charge in [-0.15, -0.1) is 0 Å². The number of aliphatic imine (C=N–C) groups is 1. The molecule has 0 aromatic rings. The second kappa shape index (κ2) is 5.07. The van der Waals surface area contributed by atoms with Gasteiger partial charge in [-0.2, -0.15) is 0 Å². The van der Waals surface area contributed by atoms with Crippen LogP contribution in [0.1, 0.15) is 41.5 Å². The van der Waals surface area contributed by atoms with Gasteiger partial charge in [0.1, 0.15) is 12.5 Å². The van der Waals surface area contributed by atoms with Crippen molar-refractivity contribution in [2.75, 3.05) is 13.2 Å². The zero-order valence-electron chi connectivity index (χ0n) is 11.8. The first-order valence-corrected chi connectivity index (χ1v) is 6.31. The molecule has 0 N–H and O–H groups in total. The largest absolute Gasteiger partial charge is 0.478 e. The summed E-state index contributed by atoms with van der Waals surface area (Å²) in [5, 5.41) is 0. The van der Waals surface area contributed by atoms with Gasteiger partial charge in [0.25, 0.3) is 0 Å². The number of hydrogen-bond acceptors (Lipinski definition) is 3. The Labute approximate surface area is 104 Å². The minimum Gasteiger partial charge on any atom is -0.478 e. The van der Waals surface area contributed by atoms with Crippen LogP contribution in [0, 0.1) is 5.92 Å². The van der Waals surface area contributed by atoms with E-state index in [4.69, 9.17) is 4.74 Å². The maximum Gasteiger partial charge on any atom is 0.234 e. The third-order valence-corrected chi connectivity index (χ3v) is 2.97. The molecule has 4 heteroatoms. The molecule has 4 nitrogen and oxygen atoms in total. The van der Waals surface area contributed by atoms with Gasteiger partial charge in [-0.3, -0.25) is 4.79 Å². The minimum atomic E-state index is -0.279. The van der Waals surface area contributed by atoms with Crippen molar-refractivity contribution in [2.45, 2.75) is 53.1 Å². The van der Waals surface area contributed by atoms with Crippen molar-refractivity contribution >= 4 is 11.8 Å². The van der Waals surface area contributed by atoms with E-state index in [0.29, 0.717) is 12.5 Å². The first kappa shape index (κ1) is 14.0. The van der Waals surface area contributed by atoms with Crippen molar-refractivity contribution in [1.82, 2.24) is 4.90 Å². The molecule has 0 aromatic carbocycles. The lowest BCUT2D eigenvalue weighted by Gasteiger charge is -2.27. The zero-order chi connectivity index (χ0) is 13.2. The van der Waals surface area contributed by atoms with E-state index in [-0.39, 0.29) is 23.4 Å². The molecule has 1 unspecified atom stereocenters. The molecule has 0 saturated carbocycles. The van der Waals surface area contributed by atoms with Crippen LogP contribution in [0.15, 0.2) is 4.99 Å². The molecule has 1 heterocycles. The fraction of sp³-hybridized carbons (Fsp3) is 0.846. The van der Waals surface area contributed by atoms with Crippen LogP contribution >= 0.6 is 0 Å². The molecule has 1 aliphatic heterocycles. The standard InChI is InChI=1S/C13H24N2O2/c1-7-15(9(2)3)12(16)10(4)11-14-13(5,6)8-17-11/h9-10H,7-8H2,1-6H3. The average molecular weight is 240 g/mol. The molecule has 1 amide bonds. The predicted octanol–water partition coefficient (Wildman–Crippen LogP) is 2.09. The Morgan fingerprint density at radius 3 is 2.41 bits per heavy atom. The Bertz CT molecular complexity index is 321. The summed E-state index contributed by atoms with van der Waals surface area (Å²) in [7, 11) is 0. The fourth-order valence-electron chi connectivity index (χ4n) is 1.97. The van der Waals surface area contributed by atoms with E-state index in [1.54, 1.807) is 0 Å². The summed E-state index contributed by atoms with van der Waals surface area (Å²) in [5.41, 5.74) is -0.196. The first-order valence-electron chi connectivity index (χ1n) is 6.31. The van der Waals surface area contributed by atoms with Crippen LogP contribution in [0.5, 0.6) is 0 Å². The van der Waals surface area contributed by atoms with Crippen LogP contribution in [0.3, 0.4) is 0 Å². The van der Waals surface area contributed by atoms with E-state index < -0.39 is 0 Å². The maximum absolute atomic E-state index is 12.3. The highest BCUT2D eigenvalue weighted by Gasteiger charge is 2.34. The Hall–Kier alpha value is -1.06. The van der Waals surface area contributed by atoms with Gasteiger partial charge in [0.05, 0.1) is 5.54 Å². The van der Waals surface area contributed by atoms with Gasteiger partial charge in [0.2, 0.25) is 5.91 Å². The highest BCUT2D eigenvalue weighted by Crippen LogP contribution is 2.21. The molecule has 0 spiro atoms. The maximum atomic E-state index is 12.3. The molecule has 0 aromatic heterocycles. The van der Waals surface area contributed by atoms with Gasteiger partial charge in [-0.1, -0.05) is 0 Å². The van der Waals surface area contributed by atoms with E-state index in [0.717, 1.165) is 6.54 Å². The molecule has 1 aliphatic rings. The number of carbonyl (C=O) groups is 1. The number of hydrogen-bond donors (Lipinski definition) is 0. The molecular weight excluding hydrogens is 216 g/mol. The zero-order valence-corrected chi connectivity index (χ0v) is 11.8. The quantitative estimate of drug-likeness (QED) is 0.755. The highest BCUT2D eigenvalue weighted by molar-refractivity contribution is 6.00. The minimum absolute atomic E-state index is 0.0963. The van der Waals surface area contributed by atoms with Gasteiger partial charge >= 0.3 is 0 Å². The Morgan fingerprint density at radius 2 is 2.06 bits per heavy atom. The van der Waals surface area contributed by atoms with E-state index in [2.05, 4.69) is 4.99 Å². The second-order valence-electron chi connectivity index (χ2n) is 5.49. The lowest BCUT2D eigenvalue weighted by molar-refractivity contribution is -0.134. The molecule has 0 bridgehead atoms. The van der Waals surface area contributed by atoms with Gasteiger partial charge in [-0.05, 0) is 41.5 Å². The number of nitrogens with zero attached hydrogens (tertiary/aromatic N) is 2. The van der Waals surface area contributed by atoms with Crippen molar-refractivity contribution in [3.05, 3.63) is 0 Å². The van der Waals surface area contributed by atoms with Gasteiger partial charge in [-0.25, -0.2) is 4.99 Å². The summed E-state index contributed by atoms with van der Waals surface area (Å²) in [6.45, 7) is 13.2. The summed E-state index contributed by atoms with van der Waals surface area (Å²) in [6.07, 6.45) is 0. The van der Waals surface area contributed by atoms with E-state index >= 15 is 0 Å². The van der Waals surface area contributed by atoms with Crippen LogP contribution in [0.2, 0.25) is 0 Å². The van der Waals surface area contributed by atoms with Gasteiger partial charge in [0.15, 0.2) is 5.90 Å². The summed E-state index contributed by atoms with van der Waals surface area (Å²) in [4.78, 5) is 18.6. The van der Waals surface area contributed by atoms with E-state index in [1.807, 2.05) is 46.4 Å². The first-order chi connectivity index (χ1) is 7.78. The average Bonchev–Trinajstić information content (AvgIpc) is 2.58. The number of amides is 1. The second-order valence-corrected chi connectivity index (χ2v) is 5.49. The predicted molar refractivity (Wildman–Crippen MR) is 69.2 cm³/mol. The summed E-state index contributed by atoms with van der Waals surface area (Å²) in [5.74, 6) is 0.400. The molecule has 1 rings (SSSR count). The molecule has 0 saturated heterocycles. The lowest BCUT2D eigenvalue weighted by Crippen LogP contribution is -2.42. The van der Waals surface area contributed by atoms with Crippen LogP contribution < -0.4 is 0 Å². The highest BCUT2D eigenvalue weighted by atomic mass is 16.5. The third-order valence-electron chi connectivity index (χ3n) is 2.97. The van der Waals surface area contributed by atoms with Crippen LogP contribution in [-0.4, -0.2) is 41.4 Å². The topological polar surface area (TPSA) is 41.9 Å². The number of carbonyl (C=O) groups excluding carboxylic acids is 1. The molecule has 0 radical (unpaired) electrons. The van der Waals surface area contributed by atoms with Crippen molar-refractivity contribution in [3.8, 4) is 0 Å². The van der Waals surface area contributed by atoms with Crippen LogP contribution in [0.4, 0.5) is 0 Å². The van der Waals surface area contributed by atoms with Crippen LogP contribution in [0.25, 0.3) is 0 Å². The van der Waals surface area contributed by atoms with Crippen molar-refractivity contribution in [2.24, 2.45) is 10.9 Å². The molecule has 17 heavy (non-hydrogen) atoms. The molecule has 0 fully saturated rings. The normalized spacial score (nSPS) is 19.8. The van der Waals surface area contributed by atoms with Crippen molar-refractivity contribution in [1.29, 1.82) is 0 Å². The Morgan fingerprint density at radius 1 is 1.47 bits per heavy atom. The Balaban J connectivity index is 2.77. The summed E-state index contributed by atoms with van der Waals surface area (Å²) >= 11 is 0. The number of rotatable bonds is 4. The van der Waals surface area contributed by atoms with Crippen LogP contribution in [-0.2, 0) is 9.53 Å². The van der Waals surface area contributed by atoms with E-state index in [9.17, 15) is 4.79 Å². The molecular formula is C13H24N2O2. The van der Waals surface area contributed by atoms with Gasteiger partial charge in [0, 0.05) is 12.6 Å². The van der Waals surface area contributed by atoms with Crippen molar-refractivity contribution in [3.63, 3.8) is 0 Å². The summed E-state index contributed by atoms with van der Waals surface area (Å²) < 4.78 is 5.53. The monoisotopic (exact) mass is 240 g/mol. The SMILES string of the molecule is CCN(C(=O)C(C)C1=NC(C)(C)CO1)C(C)C. The molecule has 0 aliphatic carbocycles. The van der Waals surface area contributed by atoms with Gasteiger partial charge < -0.3 is 9.64 Å². The smallest absolute Gasteiger partial charge is 0.234 e. The number of ether oxygens (including phenoxy) is 1. The fourth-order valence-corrected chi connectivity index (χ4v) is 1.97. The molecule has 98 valence electrons. The third kappa shape index (κ3) is 3.20. The summed E-state index contributed by atoms with van der Waals surface area (Å²) in [6, 6.07) is 0.213. The lowest BCUT2D eigenvalue weighted by atomic mass is 10.1. The van der Waals surface area contributed by atoms with Crippen molar-refractivity contribution < 1.29 is 9.53 Å². The van der Waals surface area contributed by atoms with E-state index in [1.165, 1.54) is 0 Å². The Kier molecular flexibility index (Phi) is 4.17. The molecule has 1 atom stereocenters.